The van der Waals surface area contributed by atoms with Gasteiger partial charge < -0.3 is 15.4 Å². The van der Waals surface area contributed by atoms with Crippen LogP contribution in [0.25, 0.3) is 0 Å². The van der Waals surface area contributed by atoms with E-state index in [1.54, 1.807) is 42.5 Å². The Balaban J connectivity index is 1.80. The van der Waals surface area contributed by atoms with Crippen molar-refractivity contribution >= 4 is 23.5 Å². The van der Waals surface area contributed by atoms with Crippen molar-refractivity contribution in [2.45, 2.75) is 19.9 Å². The standard InChI is InChI=1S/C20H19N3O4/c1-13-4-3-5-16(10-13)19(25)22-14(2)20(26)27-12-18(24)23-17-8-6-15(11-21)7-9-17/h3-10,14H,12H2,1-2H3,(H,22,25)(H,23,24)/t14-/m0/s1. The Morgan fingerprint density at radius 2 is 1.85 bits per heavy atom. The van der Waals surface area contributed by atoms with E-state index >= 15 is 0 Å². The molecule has 0 fully saturated rings. The molecule has 0 aliphatic heterocycles. The van der Waals surface area contributed by atoms with Crippen LogP contribution in [0.3, 0.4) is 0 Å². The molecule has 2 aromatic rings. The summed E-state index contributed by atoms with van der Waals surface area (Å²) in [5.74, 6) is -1.64. The molecule has 7 nitrogen and oxygen atoms in total. The lowest BCUT2D eigenvalue weighted by atomic mass is 10.1. The lowest BCUT2D eigenvalue weighted by Gasteiger charge is -2.13. The summed E-state index contributed by atoms with van der Waals surface area (Å²) < 4.78 is 4.93. The molecule has 0 saturated heterocycles. The molecule has 2 rings (SSSR count). The van der Waals surface area contributed by atoms with Crippen LogP contribution in [0, 0.1) is 18.3 Å². The molecule has 0 bridgehead atoms. The monoisotopic (exact) mass is 365 g/mol. The van der Waals surface area contributed by atoms with Crippen LogP contribution in [-0.2, 0) is 14.3 Å². The predicted molar refractivity (Wildman–Crippen MR) is 98.9 cm³/mol. The average molecular weight is 365 g/mol. The van der Waals surface area contributed by atoms with Crippen molar-refractivity contribution < 1.29 is 19.1 Å². The lowest BCUT2D eigenvalue weighted by molar-refractivity contribution is -0.148. The molecule has 0 spiro atoms. The van der Waals surface area contributed by atoms with Crippen LogP contribution < -0.4 is 10.6 Å². The molecule has 27 heavy (non-hydrogen) atoms. The van der Waals surface area contributed by atoms with Crippen LogP contribution >= 0.6 is 0 Å². The van der Waals surface area contributed by atoms with Crippen molar-refractivity contribution in [1.82, 2.24) is 5.32 Å². The van der Waals surface area contributed by atoms with E-state index < -0.39 is 30.4 Å². The van der Waals surface area contributed by atoms with Gasteiger partial charge in [-0.3, -0.25) is 9.59 Å². The number of carbonyl (C=O) groups excluding carboxylic acids is 3. The van der Waals surface area contributed by atoms with Crippen LogP contribution in [0.5, 0.6) is 0 Å². The van der Waals surface area contributed by atoms with Gasteiger partial charge in [0.15, 0.2) is 6.61 Å². The maximum absolute atomic E-state index is 12.1. The van der Waals surface area contributed by atoms with Gasteiger partial charge in [-0.2, -0.15) is 5.26 Å². The van der Waals surface area contributed by atoms with Crippen molar-refractivity contribution in [3.05, 3.63) is 65.2 Å². The molecule has 0 aliphatic carbocycles. The quantitative estimate of drug-likeness (QED) is 0.763. The number of amides is 2. The first-order valence-corrected chi connectivity index (χ1v) is 8.23. The number of ether oxygens (including phenoxy) is 1. The van der Waals surface area contributed by atoms with E-state index in [0.29, 0.717) is 16.8 Å². The van der Waals surface area contributed by atoms with Crippen molar-refractivity contribution in [1.29, 1.82) is 5.26 Å². The molecule has 2 aromatic carbocycles. The summed E-state index contributed by atoms with van der Waals surface area (Å²) >= 11 is 0. The SMILES string of the molecule is Cc1cccc(C(=O)N[C@@H](C)C(=O)OCC(=O)Nc2ccc(C#N)cc2)c1. The minimum atomic E-state index is -0.902. The first-order chi connectivity index (χ1) is 12.9. The van der Waals surface area contributed by atoms with Gasteiger partial charge in [0.2, 0.25) is 0 Å². The number of hydrogen-bond acceptors (Lipinski definition) is 5. The number of benzene rings is 2. The van der Waals surface area contributed by atoms with Crippen molar-refractivity contribution in [2.75, 3.05) is 11.9 Å². The number of nitrogens with zero attached hydrogens (tertiary/aromatic N) is 1. The topological polar surface area (TPSA) is 108 Å². The van der Waals surface area contributed by atoms with Gasteiger partial charge in [0.25, 0.3) is 11.8 Å². The van der Waals surface area contributed by atoms with Gasteiger partial charge in [0, 0.05) is 11.3 Å². The fourth-order valence-electron chi connectivity index (χ4n) is 2.21. The Morgan fingerprint density at radius 1 is 1.15 bits per heavy atom. The first kappa shape index (κ1) is 19.7. The number of anilines is 1. The Kier molecular flexibility index (Phi) is 6.67. The van der Waals surface area contributed by atoms with Gasteiger partial charge in [-0.15, -0.1) is 0 Å². The van der Waals surface area contributed by atoms with Crippen molar-refractivity contribution in [3.8, 4) is 6.07 Å². The zero-order chi connectivity index (χ0) is 19.8. The molecule has 0 radical (unpaired) electrons. The number of nitrogens with one attached hydrogen (secondary N) is 2. The van der Waals surface area contributed by atoms with Crippen LogP contribution in [0.4, 0.5) is 5.69 Å². The number of nitriles is 1. The molecule has 2 N–H and O–H groups in total. The molecule has 0 heterocycles. The minimum Gasteiger partial charge on any atom is -0.454 e. The highest BCUT2D eigenvalue weighted by Crippen LogP contribution is 2.08. The summed E-state index contributed by atoms with van der Waals surface area (Å²) in [5, 5.41) is 13.8. The maximum Gasteiger partial charge on any atom is 0.328 e. The van der Waals surface area contributed by atoms with Gasteiger partial charge in [0.1, 0.15) is 6.04 Å². The van der Waals surface area contributed by atoms with Crippen LogP contribution in [0.1, 0.15) is 28.4 Å². The zero-order valence-corrected chi connectivity index (χ0v) is 15.0. The maximum atomic E-state index is 12.1. The molecule has 2 amide bonds. The van der Waals surface area contributed by atoms with Gasteiger partial charge in [-0.05, 0) is 50.2 Å². The third kappa shape index (κ3) is 5.97. The van der Waals surface area contributed by atoms with E-state index in [2.05, 4.69) is 10.6 Å². The number of esters is 1. The Bertz CT molecular complexity index is 885. The zero-order valence-electron chi connectivity index (χ0n) is 15.0. The van der Waals surface area contributed by atoms with Crippen LogP contribution in [-0.4, -0.2) is 30.4 Å². The molecule has 0 saturated carbocycles. The first-order valence-electron chi connectivity index (χ1n) is 8.23. The predicted octanol–water partition coefficient (Wildman–Crippen LogP) is 2.17. The molecule has 0 unspecified atom stereocenters. The van der Waals surface area contributed by atoms with Gasteiger partial charge in [-0.25, -0.2) is 4.79 Å². The smallest absolute Gasteiger partial charge is 0.328 e. The molecular formula is C20H19N3O4. The molecule has 138 valence electrons. The fraction of sp³-hybridized carbons (Fsp3) is 0.200. The van der Waals surface area contributed by atoms with E-state index in [1.807, 2.05) is 19.1 Å². The van der Waals surface area contributed by atoms with Gasteiger partial charge in [0.05, 0.1) is 11.6 Å². The summed E-state index contributed by atoms with van der Waals surface area (Å²) in [4.78, 5) is 35.9. The van der Waals surface area contributed by atoms with Crippen molar-refractivity contribution in [2.24, 2.45) is 0 Å². The highest BCUT2D eigenvalue weighted by atomic mass is 16.5. The number of aryl methyl sites for hydroxylation is 1. The Morgan fingerprint density at radius 3 is 2.48 bits per heavy atom. The molecule has 7 heteroatoms. The third-order valence-corrected chi connectivity index (χ3v) is 3.62. The highest BCUT2D eigenvalue weighted by molar-refractivity contribution is 5.97. The Labute approximate surface area is 156 Å². The molecule has 1 atom stereocenters. The molecule has 0 aliphatic rings. The Hall–Kier alpha value is -3.66. The highest BCUT2D eigenvalue weighted by Gasteiger charge is 2.19. The van der Waals surface area contributed by atoms with Crippen LogP contribution in [0.15, 0.2) is 48.5 Å². The number of carbonyl (C=O) groups is 3. The van der Waals surface area contributed by atoms with Gasteiger partial charge in [-0.1, -0.05) is 17.7 Å². The fourth-order valence-corrected chi connectivity index (χ4v) is 2.21. The summed E-state index contributed by atoms with van der Waals surface area (Å²) in [6, 6.07) is 14.3. The largest absolute Gasteiger partial charge is 0.454 e. The molecular weight excluding hydrogens is 346 g/mol. The van der Waals surface area contributed by atoms with Gasteiger partial charge >= 0.3 is 5.97 Å². The summed E-state index contributed by atoms with van der Waals surface area (Å²) in [6.45, 7) is 2.86. The summed E-state index contributed by atoms with van der Waals surface area (Å²) in [6.07, 6.45) is 0. The summed E-state index contributed by atoms with van der Waals surface area (Å²) in [5.41, 5.74) is 2.32. The summed E-state index contributed by atoms with van der Waals surface area (Å²) in [7, 11) is 0. The normalized spacial score (nSPS) is 11.0. The second-order valence-corrected chi connectivity index (χ2v) is 5.91. The molecule has 0 aromatic heterocycles. The third-order valence-electron chi connectivity index (χ3n) is 3.62. The number of hydrogen-bond donors (Lipinski definition) is 2. The van der Waals surface area contributed by atoms with Crippen molar-refractivity contribution in [3.63, 3.8) is 0 Å². The minimum absolute atomic E-state index is 0.398. The van der Waals surface area contributed by atoms with E-state index in [0.717, 1.165) is 5.56 Å². The van der Waals surface area contributed by atoms with Crippen LogP contribution in [0.2, 0.25) is 0 Å². The lowest BCUT2D eigenvalue weighted by Crippen LogP contribution is -2.40. The average Bonchev–Trinajstić information content (AvgIpc) is 2.66. The second kappa shape index (κ2) is 9.15. The van der Waals surface area contributed by atoms with E-state index in [4.69, 9.17) is 10.00 Å². The van der Waals surface area contributed by atoms with E-state index in [-0.39, 0.29) is 0 Å². The number of rotatable bonds is 6. The second-order valence-electron chi connectivity index (χ2n) is 5.91. The van der Waals surface area contributed by atoms with E-state index in [1.165, 1.54) is 6.92 Å². The van der Waals surface area contributed by atoms with E-state index in [9.17, 15) is 14.4 Å².